The molecule has 0 bridgehead atoms. The second-order valence-corrected chi connectivity index (χ2v) is 6.89. The molecule has 9 heteroatoms. The van der Waals surface area contributed by atoms with Gasteiger partial charge in [0.05, 0.1) is 28.7 Å². The minimum atomic E-state index is -0.828. The summed E-state index contributed by atoms with van der Waals surface area (Å²) in [6.07, 6.45) is 0.631. The molecule has 1 aliphatic carbocycles. The summed E-state index contributed by atoms with van der Waals surface area (Å²) in [7, 11) is 0. The van der Waals surface area contributed by atoms with Crippen LogP contribution in [0.1, 0.15) is 16.0 Å². The Morgan fingerprint density at radius 3 is 2.72 bits per heavy atom. The molecule has 4 rings (SSSR count). The maximum Gasteiger partial charge on any atom is 0.314 e. The number of rotatable bonds is 4. The second-order valence-electron chi connectivity index (χ2n) is 5.86. The van der Waals surface area contributed by atoms with Gasteiger partial charge in [0.15, 0.2) is 0 Å². The fourth-order valence-electron chi connectivity index (χ4n) is 3.21. The van der Waals surface area contributed by atoms with E-state index in [0.717, 1.165) is 4.88 Å². The summed E-state index contributed by atoms with van der Waals surface area (Å²) in [5, 5.41) is 13.4. The Morgan fingerprint density at radius 2 is 2.00 bits per heavy atom. The summed E-state index contributed by atoms with van der Waals surface area (Å²) in [4.78, 5) is 40.1. The Labute approximate surface area is 144 Å². The number of ether oxygens (including phenoxy) is 1. The highest BCUT2D eigenvalue weighted by Gasteiger charge is 2.32. The average molecular weight is 359 g/mol. The number of aromatic amines is 2. The van der Waals surface area contributed by atoms with Gasteiger partial charge in [0.2, 0.25) is 0 Å². The van der Waals surface area contributed by atoms with E-state index < -0.39 is 16.0 Å². The van der Waals surface area contributed by atoms with Crippen LogP contribution >= 0.6 is 11.3 Å². The van der Waals surface area contributed by atoms with Crippen molar-refractivity contribution in [2.45, 2.75) is 25.6 Å². The maximum atomic E-state index is 11.7. The summed E-state index contributed by atoms with van der Waals surface area (Å²) in [5.41, 5.74) is 0.246. The highest BCUT2D eigenvalue weighted by Crippen LogP contribution is 2.36. The van der Waals surface area contributed by atoms with Crippen molar-refractivity contribution in [1.82, 2.24) is 9.97 Å². The van der Waals surface area contributed by atoms with Crippen molar-refractivity contribution in [3.05, 3.63) is 70.4 Å². The van der Waals surface area contributed by atoms with Crippen molar-refractivity contribution >= 4 is 28.1 Å². The second kappa shape index (κ2) is 5.94. The van der Waals surface area contributed by atoms with Crippen LogP contribution in [0.4, 0.5) is 5.69 Å². The molecule has 1 atom stereocenters. The number of nitro groups is 1. The van der Waals surface area contributed by atoms with Crippen molar-refractivity contribution in [1.29, 1.82) is 0 Å². The lowest BCUT2D eigenvalue weighted by Crippen LogP contribution is -2.29. The summed E-state index contributed by atoms with van der Waals surface area (Å²) in [6.45, 7) is 0.440. The van der Waals surface area contributed by atoms with Crippen LogP contribution < -0.4 is 11.1 Å². The predicted octanol–water partition coefficient (Wildman–Crippen LogP) is 1.87. The number of H-pyrrole nitrogens is 2. The van der Waals surface area contributed by atoms with Crippen molar-refractivity contribution in [2.75, 3.05) is 0 Å². The number of hydrogen-bond acceptors (Lipinski definition) is 6. The standard InChI is InChI=1S/C16H13N3O5S/c20-15-16(21)18-14-11-5-8(24-7-9-2-1-3-25-9)4-10(11)13(19(22)23)6-12(14)17-15/h1-3,6,8H,4-5,7H2,(H,17,20)(H,18,21). The van der Waals surface area contributed by atoms with E-state index in [4.69, 9.17) is 4.74 Å². The van der Waals surface area contributed by atoms with E-state index in [1.165, 1.54) is 6.07 Å². The lowest BCUT2D eigenvalue weighted by Gasteiger charge is -2.09. The van der Waals surface area contributed by atoms with Crippen LogP contribution in [0.5, 0.6) is 0 Å². The van der Waals surface area contributed by atoms with Gasteiger partial charge in [0.1, 0.15) is 0 Å². The van der Waals surface area contributed by atoms with E-state index in [9.17, 15) is 19.7 Å². The Hall–Kier alpha value is -2.78. The molecular formula is C16H13N3O5S. The number of nitrogens with zero attached hydrogens (tertiary/aromatic N) is 1. The zero-order valence-corrected chi connectivity index (χ0v) is 13.7. The lowest BCUT2D eigenvalue weighted by atomic mass is 10.1. The van der Waals surface area contributed by atoms with Crippen molar-refractivity contribution in [3.8, 4) is 0 Å². The van der Waals surface area contributed by atoms with Crippen molar-refractivity contribution in [2.24, 2.45) is 0 Å². The number of nitrogens with one attached hydrogen (secondary N) is 2. The first-order valence-electron chi connectivity index (χ1n) is 7.62. The normalized spacial score (nSPS) is 16.2. The third kappa shape index (κ3) is 2.77. The lowest BCUT2D eigenvalue weighted by molar-refractivity contribution is -0.385. The summed E-state index contributed by atoms with van der Waals surface area (Å²) >= 11 is 1.58. The van der Waals surface area contributed by atoms with Crippen LogP contribution in [-0.2, 0) is 24.2 Å². The summed E-state index contributed by atoms with van der Waals surface area (Å²) in [6, 6.07) is 5.20. The van der Waals surface area contributed by atoms with Gasteiger partial charge in [-0.3, -0.25) is 19.7 Å². The van der Waals surface area contributed by atoms with Crippen LogP contribution in [0.2, 0.25) is 0 Å². The molecule has 1 aliphatic rings. The Morgan fingerprint density at radius 1 is 1.24 bits per heavy atom. The number of thiophene rings is 1. The zero-order chi connectivity index (χ0) is 17.6. The molecule has 0 radical (unpaired) electrons. The molecule has 2 heterocycles. The van der Waals surface area contributed by atoms with E-state index in [1.54, 1.807) is 11.3 Å². The molecule has 0 spiro atoms. The third-order valence-corrected chi connectivity index (χ3v) is 5.17. The predicted molar refractivity (Wildman–Crippen MR) is 92.1 cm³/mol. The zero-order valence-electron chi connectivity index (χ0n) is 12.9. The molecule has 1 unspecified atom stereocenters. The van der Waals surface area contributed by atoms with Gasteiger partial charge in [0.25, 0.3) is 5.69 Å². The molecule has 0 amide bonds. The third-order valence-electron chi connectivity index (χ3n) is 4.32. The number of fused-ring (bicyclic) bond motifs is 3. The molecule has 2 aromatic heterocycles. The SMILES string of the molecule is O=c1[nH]c2cc([N+](=O)[O-])c3c(c2[nH]c1=O)CC(OCc1cccs1)C3. The highest BCUT2D eigenvalue weighted by molar-refractivity contribution is 7.09. The van der Waals surface area contributed by atoms with E-state index >= 15 is 0 Å². The van der Waals surface area contributed by atoms with Gasteiger partial charge in [-0.2, -0.15) is 0 Å². The first kappa shape index (κ1) is 15.7. The topological polar surface area (TPSA) is 118 Å². The van der Waals surface area contributed by atoms with Gasteiger partial charge in [0, 0.05) is 29.3 Å². The summed E-state index contributed by atoms with van der Waals surface area (Å²) < 4.78 is 5.89. The molecule has 0 fully saturated rings. The molecular weight excluding hydrogens is 346 g/mol. The van der Waals surface area contributed by atoms with E-state index in [-0.39, 0.29) is 17.3 Å². The minimum absolute atomic E-state index is 0.0626. The fraction of sp³-hybridized carbons (Fsp3) is 0.250. The molecule has 8 nitrogen and oxygen atoms in total. The molecule has 1 aromatic carbocycles. The van der Waals surface area contributed by atoms with Gasteiger partial charge < -0.3 is 14.7 Å². The molecule has 0 saturated heterocycles. The van der Waals surface area contributed by atoms with Crippen LogP contribution in [0.25, 0.3) is 11.0 Å². The smallest absolute Gasteiger partial charge is 0.314 e. The molecule has 128 valence electrons. The van der Waals surface area contributed by atoms with Crippen LogP contribution in [0.3, 0.4) is 0 Å². The molecule has 0 saturated carbocycles. The molecule has 25 heavy (non-hydrogen) atoms. The largest absolute Gasteiger partial charge is 0.372 e. The van der Waals surface area contributed by atoms with Gasteiger partial charge >= 0.3 is 11.1 Å². The van der Waals surface area contributed by atoms with Crippen LogP contribution in [-0.4, -0.2) is 21.0 Å². The van der Waals surface area contributed by atoms with Crippen LogP contribution in [0.15, 0.2) is 33.2 Å². The van der Waals surface area contributed by atoms with Gasteiger partial charge in [-0.25, -0.2) is 0 Å². The van der Waals surface area contributed by atoms with Gasteiger partial charge in [-0.1, -0.05) is 6.07 Å². The Balaban J connectivity index is 1.75. The number of aromatic nitrogens is 2. The van der Waals surface area contributed by atoms with Crippen LogP contribution in [0, 0.1) is 10.1 Å². The fourth-order valence-corrected chi connectivity index (χ4v) is 3.84. The van der Waals surface area contributed by atoms with Gasteiger partial charge in [-0.05, 0) is 17.0 Å². The first-order valence-corrected chi connectivity index (χ1v) is 8.50. The quantitative estimate of drug-likeness (QED) is 0.419. The Bertz CT molecular complexity index is 1080. The molecule has 3 aromatic rings. The van der Waals surface area contributed by atoms with E-state index in [2.05, 4.69) is 9.97 Å². The average Bonchev–Trinajstić information content (AvgIpc) is 3.22. The van der Waals surface area contributed by atoms with E-state index in [0.29, 0.717) is 36.1 Å². The number of hydrogen-bond donors (Lipinski definition) is 2. The van der Waals surface area contributed by atoms with E-state index in [1.807, 2.05) is 17.5 Å². The minimum Gasteiger partial charge on any atom is -0.372 e. The summed E-state index contributed by atoms with van der Waals surface area (Å²) in [5.74, 6) is 0. The monoisotopic (exact) mass is 359 g/mol. The molecule has 2 N–H and O–H groups in total. The first-order chi connectivity index (χ1) is 12.0. The highest BCUT2D eigenvalue weighted by atomic mass is 32.1. The Kier molecular flexibility index (Phi) is 3.74. The number of benzene rings is 1. The maximum absolute atomic E-state index is 11.7. The molecule has 0 aliphatic heterocycles. The van der Waals surface area contributed by atoms with Crippen molar-refractivity contribution < 1.29 is 9.66 Å². The number of nitro benzene ring substituents is 1. The van der Waals surface area contributed by atoms with Gasteiger partial charge in [-0.15, -0.1) is 11.3 Å². The van der Waals surface area contributed by atoms with Crippen molar-refractivity contribution in [3.63, 3.8) is 0 Å².